The van der Waals surface area contributed by atoms with Crippen LogP contribution in [-0.2, 0) is 16.1 Å². The Bertz CT molecular complexity index is 970. The molecule has 138 valence electrons. The molecule has 3 aromatic rings. The first-order valence-electron chi connectivity index (χ1n) is 8.41. The Kier molecular flexibility index (Phi) is 4.96. The summed E-state index contributed by atoms with van der Waals surface area (Å²) in [5.41, 5.74) is 1.53. The largest absolute Gasteiger partial charge is 0.467 e. The Balaban J connectivity index is 1.40. The molecule has 1 N–H and O–H groups in total. The number of hydrogen-bond donors (Lipinski definition) is 1. The fraction of sp³-hybridized carbons (Fsp3) is 0.211. The fourth-order valence-electron chi connectivity index (χ4n) is 3.02. The third kappa shape index (κ3) is 3.89. The normalized spacial score (nSPS) is 16.7. The first-order chi connectivity index (χ1) is 13.1. The van der Waals surface area contributed by atoms with Crippen LogP contribution in [0.5, 0.6) is 0 Å². The number of carbonyl (C=O) groups excluding carboxylic acids is 2. The summed E-state index contributed by atoms with van der Waals surface area (Å²) in [6.45, 7) is 0.748. The first kappa shape index (κ1) is 17.8. The Labute approximate surface area is 164 Å². The summed E-state index contributed by atoms with van der Waals surface area (Å²) in [6.07, 6.45) is 1.76. The number of nitrogens with one attached hydrogen (secondary N) is 1. The molecule has 0 spiro atoms. The van der Waals surface area contributed by atoms with Gasteiger partial charge in [-0.2, -0.15) is 0 Å². The molecule has 8 heteroatoms. The number of furan rings is 1. The Morgan fingerprint density at radius 1 is 1.33 bits per heavy atom. The van der Waals surface area contributed by atoms with Gasteiger partial charge in [-0.3, -0.25) is 9.59 Å². The molecule has 0 aliphatic carbocycles. The van der Waals surface area contributed by atoms with E-state index in [1.807, 2.05) is 29.6 Å². The second-order valence-corrected chi connectivity index (χ2v) is 7.53. The number of nitrogens with zero attached hydrogens (tertiary/aromatic N) is 2. The van der Waals surface area contributed by atoms with E-state index in [2.05, 4.69) is 10.3 Å². The zero-order valence-electron chi connectivity index (χ0n) is 14.2. The van der Waals surface area contributed by atoms with Crippen molar-refractivity contribution >= 4 is 39.9 Å². The highest BCUT2D eigenvalue weighted by molar-refractivity contribution is 7.14. The van der Waals surface area contributed by atoms with Gasteiger partial charge in [0.05, 0.1) is 24.4 Å². The molecule has 0 bridgehead atoms. The average molecular weight is 402 g/mol. The van der Waals surface area contributed by atoms with Gasteiger partial charge in [-0.1, -0.05) is 29.8 Å². The van der Waals surface area contributed by atoms with Gasteiger partial charge < -0.3 is 14.6 Å². The second kappa shape index (κ2) is 7.54. The van der Waals surface area contributed by atoms with Crippen molar-refractivity contribution in [2.24, 2.45) is 5.92 Å². The maximum Gasteiger partial charge on any atom is 0.231 e. The van der Waals surface area contributed by atoms with Crippen LogP contribution < -0.4 is 5.32 Å². The molecular formula is C19H16ClN3O3S. The molecule has 6 nitrogen and oxygen atoms in total. The van der Waals surface area contributed by atoms with Gasteiger partial charge in [0.15, 0.2) is 5.13 Å². The van der Waals surface area contributed by atoms with Gasteiger partial charge in [0.1, 0.15) is 5.76 Å². The van der Waals surface area contributed by atoms with Crippen molar-refractivity contribution in [1.82, 2.24) is 9.88 Å². The molecular weight excluding hydrogens is 386 g/mol. The monoisotopic (exact) mass is 401 g/mol. The fourth-order valence-corrected chi connectivity index (χ4v) is 3.97. The molecule has 0 saturated carbocycles. The van der Waals surface area contributed by atoms with Crippen LogP contribution in [0.2, 0.25) is 5.02 Å². The van der Waals surface area contributed by atoms with E-state index in [0.717, 1.165) is 5.56 Å². The van der Waals surface area contributed by atoms with E-state index in [0.29, 0.717) is 34.7 Å². The Morgan fingerprint density at radius 3 is 2.96 bits per heavy atom. The third-order valence-electron chi connectivity index (χ3n) is 4.40. The van der Waals surface area contributed by atoms with Crippen molar-refractivity contribution in [2.75, 3.05) is 11.9 Å². The number of anilines is 1. The standard InChI is InChI=1S/C19H16ClN3O3S/c20-15-6-2-1-5-14(15)16-11-27-19(21-16)22-18(25)12-8-17(24)23(9-12)10-13-4-3-7-26-13/h1-7,11-12H,8-10H2,(H,21,22,25). The van der Waals surface area contributed by atoms with Crippen molar-refractivity contribution in [3.8, 4) is 11.3 Å². The summed E-state index contributed by atoms with van der Waals surface area (Å²) < 4.78 is 5.28. The predicted octanol–water partition coefficient (Wildman–Crippen LogP) is 4.04. The van der Waals surface area contributed by atoms with Crippen molar-refractivity contribution in [3.05, 3.63) is 58.8 Å². The summed E-state index contributed by atoms with van der Waals surface area (Å²) in [7, 11) is 0. The topological polar surface area (TPSA) is 75.4 Å². The Morgan fingerprint density at radius 2 is 2.19 bits per heavy atom. The predicted molar refractivity (Wildman–Crippen MR) is 103 cm³/mol. The molecule has 1 aliphatic heterocycles. The summed E-state index contributed by atoms with van der Waals surface area (Å²) in [5, 5.41) is 5.76. The van der Waals surface area contributed by atoms with Crippen LogP contribution >= 0.6 is 22.9 Å². The van der Waals surface area contributed by atoms with E-state index in [9.17, 15) is 9.59 Å². The number of amides is 2. The molecule has 1 atom stereocenters. The minimum Gasteiger partial charge on any atom is -0.467 e. The lowest BCUT2D eigenvalue weighted by Crippen LogP contribution is -2.27. The molecule has 1 saturated heterocycles. The highest BCUT2D eigenvalue weighted by Crippen LogP contribution is 2.31. The zero-order chi connectivity index (χ0) is 18.8. The third-order valence-corrected chi connectivity index (χ3v) is 5.48. The number of halogens is 1. The number of rotatable bonds is 5. The van der Waals surface area contributed by atoms with Crippen LogP contribution in [0, 0.1) is 5.92 Å². The van der Waals surface area contributed by atoms with E-state index >= 15 is 0 Å². The number of benzene rings is 1. The van der Waals surface area contributed by atoms with E-state index in [1.165, 1.54) is 11.3 Å². The molecule has 0 radical (unpaired) electrons. The van der Waals surface area contributed by atoms with Gasteiger partial charge in [-0.05, 0) is 18.2 Å². The minimum absolute atomic E-state index is 0.0533. The highest BCUT2D eigenvalue weighted by atomic mass is 35.5. The van der Waals surface area contributed by atoms with Crippen molar-refractivity contribution in [3.63, 3.8) is 0 Å². The van der Waals surface area contributed by atoms with Crippen molar-refractivity contribution in [2.45, 2.75) is 13.0 Å². The number of thiazole rings is 1. The van der Waals surface area contributed by atoms with Crippen LogP contribution in [0.3, 0.4) is 0 Å². The zero-order valence-corrected chi connectivity index (χ0v) is 15.8. The average Bonchev–Trinajstić information content (AvgIpc) is 3.39. The van der Waals surface area contributed by atoms with E-state index in [1.54, 1.807) is 23.3 Å². The Hall–Kier alpha value is -2.64. The van der Waals surface area contributed by atoms with Crippen LogP contribution in [0.25, 0.3) is 11.3 Å². The number of likely N-dealkylation sites (tertiary alicyclic amines) is 1. The number of hydrogen-bond acceptors (Lipinski definition) is 5. The molecule has 1 aromatic carbocycles. The molecule has 2 amide bonds. The molecule has 3 heterocycles. The van der Waals surface area contributed by atoms with E-state index in [-0.39, 0.29) is 18.2 Å². The van der Waals surface area contributed by atoms with E-state index < -0.39 is 5.92 Å². The van der Waals surface area contributed by atoms with Crippen molar-refractivity contribution < 1.29 is 14.0 Å². The molecule has 2 aromatic heterocycles. The maximum atomic E-state index is 12.5. The summed E-state index contributed by atoms with van der Waals surface area (Å²) in [4.78, 5) is 30.8. The van der Waals surface area contributed by atoms with Crippen LogP contribution in [0.4, 0.5) is 5.13 Å². The van der Waals surface area contributed by atoms with Gasteiger partial charge in [0, 0.05) is 28.9 Å². The maximum absolute atomic E-state index is 12.5. The molecule has 4 rings (SSSR count). The number of carbonyl (C=O) groups is 2. The molecule has 1 unspecified atom stereocenters. The first-order valence-corrected chi connectivity index (χ1v) is 9.67. The van der Waals surface area contributed by atoms with Crippen LogP contribution in [0.15, 0.2) is 52.5 Å². The smallest absolute Gasteiger partial charge is 0.231 e. The van der Waals surface area contributed by atoms with Crippen LogP contribution in [-0.4, -0.2) is 28.2 Å². The van der Waals surface area contributed by atoms with Crippen LogP contribution in [0.1, 0.15) is 12.2 Å². The molecule has 1 fully saturated rings. The van der Waals surface area contributed by atoms with Gasteiger partial charge in [-0.15, -0.1) is 11.3 Å². The quantitative estimate of drug-likeness (QED) is 0.700. The lowest BCUT2D eigenvalue weighted by atomic mass is 10.1. The highest BCUT2D eigenvalue weighted by Gasteiger charge is 2.35. The summed E-state index contributed by atoms with van der Waals surface area (Å²) in [6, 6.07) is 11.0. The summed E-state index contributed by atoms with van der Waals surface area (Å²) in [5.74, 6) is 0.0432. The lowest BCUT2D eigenvalue weighted by molar-refractivity contribution is -0.128. The van der Waals surface area contributed by atoms with E-state index in [4.69, 9.17) is 16.0 Å². The van der Waals surface area contributed by atoms with Gasteiger partial charge in [0.25, 0.3) is 0 Å². The van der Waals surface area contributed by atoms with Gasteiger partial charge >= 0.3 is 0 Å². The lowest BCUT2D eigenvalue weighted by Gasteiger charge is -2.14. The minimum atomic E-state index is -0.403. The van der Waals surface area contributed by atoms with Crippen molar-refractivity contribution in [1.29, 1.82) is 0 Å². The van der Waals surface area contributed by atoms with Gasteiger partial charge in [-0.25, -0.2) is 4.98 Å². The molecule has 1 aliphatic rings. The summed E-state index contributed by atoms with van der Waals surface area (Å²) >= 11 is 7.52. The van der Waals surface area contributed by atoms with Gasteiger partial charge in [0.2, 0.25) is 11.8 Å². The second-order valence-electron chi connectivity index (χ2n) is 6.26. The molecule has 27 heavy (non-hydrogen) atoms. The SMILES string of the molecule is O=C(Nc1nc(-c2ccccc2Cl)cs1)C1CC(=O)N(Cc2ccco2)C1. The number of aromatic nitrogens is 1.